The van der Waals surface area contributed by atoms with Crippen LogP contribution in [0, 0.1) is 0 Å². The van der Waals surface area contributed by atoms with E-state index in [9.17, 15) is 9.59 Å². The van der Waals surface area contributed by atoms with Crippen LogP contribution in [-0.2, 0) is 4.79 Å². The Morgan fingerprint density at radius 1 is 1.43 bits per heavy atom. The highest BCUT2D eigenvalue weighted by molar-refractivity contribution is 8.18. The lowest BCUT2D eigenvalue weighted by atomic mass is 10.2. The summed E-state index contributed by atoms with van der Waals surface area (Å²) in [6, 6.07) is 3.59. The molecule has 2 rings (SSSR count). The summed E-state index contributed by atoms with van der Waals surface area (Å²) in [6.45, 7) is 0. The molecule has 2 amide bonds. The summed E-state index contributed by atoms with van der Waals surface area (Å²) in [5, 5.41) is 1.85. The molecule has 1 aliphatic heterocycles. The summed E-state index contributed by atoms with van der Waals surface area (Å²) in [5.41, 5.74) is 0.805. The number of carbonyl (C=O) groups excluding carboxylic acids is 2. The van der Waals surface area contributed by atoms with Crippen molar-refractivity contribution in [3.8, 4) is 0 Å². The molecule has 5 heteroatoms. The lowest BCUT2D eigenvalue weighted by Gasteiger charge is -1.92. The van der Waals surface area contributed by atoms with Crippen molar-refractivity contribution in [2.24, 2.45) is 0 Å². The standard InChI is InChI=1S/C9H6N2O2S/c12-8-7(14-9(13)11-8)4-6-2-1-3-10-5-6/h1-5H,(H,11,12,13)/b7-4+. The topological polar surface area (TPSA) is 59.1 Å². The van der Waals surface area contributed by atoms with Gasteiger partial charge in [0.15, 0.2) is 0 Å². The molecule has 0 spiro atoms. The fourth-order valence-electron chi connectivity index (χ4n) is 1.03. The number of hydrogen-bond acceptors (Lipinski definition) is 4. The fourth-order valence-corrected chi connectivity index (χ4v) is 1.72. The molecule has 0 saturated carbocycles. The fraction of sp³-hybridized carbons (Fsp3) is 0. The smallest absolute Gasteiger partial charge is 0.282 e. The molecule has 4 nitrogen and oxygen atoms in total. The molecule has 0 radical (unpaired) electrons. The number of carbonyl (C=O) groups is 2. The zero-order valence-electron chi connectivity index (χ0n) is 7.06. The Labute approximate surface area is 84.4 Å². The number of imide groups is 1. The van der Waals surface area contributed by atoms with E-state index in [1.165, 1.54) is 0 Å². The van der Waals surface area contributed by atoms with Gasteiger partial charge in [-0.3, -0.25) is 19.9 Å². The van der Waals surface area contributed by atoms with Gasteiger partial charge in [0.1, 0.15) is 0 Å². The van der Waals surface area contributed by atoms with Crippen molar-refractivity contribution < 1.29 is 9.59 Å². The number of rotatable bonds is 1. The van der Waals surface area contributed by atoms with Crippen molar-refractivity contribution in [2.75, 3.05) is 0 Å². The maximum Gasteiger partial charge on any atom is 0.290 e. The number of nitrogens with one attached hydrogen (secondary N) is 1. The molecule has 0 aliphatic carbocycles. The van der Waals surface area contributed by atoms with Crippen LogP contribution in [0.5, 0.6) is 0 Å². The second kappa shape index (κ2) is 3.63. The van der Waals surface area contributed by atoms with E-state index in [4.69, 9.17) is 0 Å². The predicted octanol–water partition coefficient (Wildman–Crippen LogP) is 1.41. The Hall–Kier alpha value is -1.62. The summed E-state index contributed by atoms with van der Waals surface area (Å²) in [6.07, 6.45) is 4.91. The second-order valence-corrected chi connectivity index (χ2v) is 3.65. The van der Waals surface area contributed by atoms with Gasteiger partial charge in [-0.25, -0.2) is 0 Å². The average Bonchev–Trinajstić information content (AvgIpc) is 2.47. The Morgan fingerprint density at radius 2 is 2.29 bits per heavy atom. The third-order valence-electron chi connectivity index (χ3n) is 1.62. The van der Waals surface area contributed by atoms with Gasteiger partial charge in [0.2, 0.25) is 0 Å². The minimum atomic E-state index is -0.344. The van der Waals surface area contributed by atoms with Crippen LogP contribution in [0.1, 0.15) is 5.56 Å². The van der Waals surface area contributed by atoms with Crippen molar-refractivity contribution in [1.29, 1.82) is 0 Å². The predicted molar refractivity (Wildman–Crippen MR) is 53.3 cm³/mol. The largest absolute Gasteiger partial charge is 0.290 e. The van der Waals surface area contributed by atoms with E-state index < -0.39 is 0 Å². The van der Waals surface area contributed by atoms with Crippen molar-refractivity contribution in [2.45, 2.75) is 0 Å². The SMILES string of the molecule is O=C1NC(=O)/C(=C\c2cccnc2)S1. The molecular weight excluding hydrogens is 200 g/mol. The van der Waals surface area contributed by atoms with Gasteiger partial charge in [-0.05, 0) is 29.5 Å². The number of hydrogen-bond donors (Lipinski definition) is 1. The summed E-state index contributed by atoms with van der Waals surface area (Å²) in [5.74, 6) is -0.344. The number of pyridine rings is 1. The first kappa shape index (κ1) is 8.96. The lowest BCUT2D eigenvalue weighted by Crippen LogP contribution is -2.17. The van der Waals surface area contributed by atoms with E-state index in [0.717, 1.165) is 17.3 Å². The van der Waals surface area contributed by atoms with E-state index >= 15 is 0 Å². The molecular formula is C9H6N2O2S. The quantitative estimate of drug-likeness (QED) is 0.706. The molecule has 0 bridgehead atoms. The maximum absolute atomic E-state index is 11.1. The Kier molecular flexibility index (Phi) is 2.32. The number of aromatic nitrogens is 1. The van der Waals surface area contributed by atoms with E-state index in [1.54, 1.807) is 24.5 Å². The zero-order chi connectivity index (χ0) is 9.97. The first-order chi connectivity index (χ1) is 6.75. The first-order valence-electron chi connectivity index (χ1n) is 3.90. The summed E-state index contributed by atoms with van der Waals surface area (Å²) in [7, 11) is 0. The normalized spacial score (nSPS) is 18.7. The molecule has 70 valence electrons. The zero-order valence-corrected chi connectivity index (χ0v) is 7.88. The van der Waals surface area contributed by atoms with Crippen LogP contribution in [-0.4, -0.2) is 16.1 Å². The van der Waals surface area contributed by atoms with E-state index in [2.05, 4.69) is 10.3 Å². The van der Waals surface area contributed by atoms with Crippen LogP contribution in [0.25, 0.3) is 6.08 Å². The van der Waals surface area contributed by atoms with Crippen LogP contribution < -0.4 is 5.32 Å². The number of amides is 2. The van der Waals surface area contributed by atoms with Gasteiger partial charge in [-0.15, -0.1) is 0 Å². The van der Waals surface area contributed by atoms with Crippen molar-refractivity contribution in [3.05, 3.63) is 35.0 Å². The summed E-state index contributed by atoms with van der Waals surface area (Å²) >= 11 is 0.902. The van der Waals surface area contributed by atoms with Crippen molar-refractivity contribution in [1.82, 2.24) is 10.3 Å². The Morgan fingerprint density at radius 3 is 2.86 bits per heavy atom. The lowest BCUT2D eigenvalue weighted by molar-refractivity contribution is -0.115. The molecule has 0 unspecified atom stereocenters. The van der Waals surface area contributed by atoms with Crippen LogP contribution in [0.3, 0.4) is 0 Å². The molecule has 0 atom stereocenters. The van der Waals surface area contributed by atoms with Gasteiger partial charge in [-0.1, -0.05) is 6.07 Å². The third kappa shape index (κ3) is 1.82. The van der Waals surface area contributed by atoms with Gasteiger partial charge < -0.3 is 0 Å². The average molecular weight is 206 g/mol. The highest BCUT2D eigenvalue weighted by Crippen LogP contribution is 2.24. The molecule has 1 aliphatic rings. The van der Waals surface area contributed by atoms with Gasteiger partial charge in [0.05, 0.1) is 4.91 Å². The monoisotopic (exact) mass is 206 g/mol. The van der Waals surface area contributed by atoms with Gasteiger partial charge in [0, 0.05) is 12.4 Å². The Bertz CT molecular complexity index is 414. The van der Waals surface area contributed by atoms with Crippen LogP contribution >= 0.6 is 11.8 Å². The van der Waals surface area contributed by atoms with E-state index in [-0.39, 0.29) is 11.1 Å². The van der Waals surface area contributed by atoms with Crippen molar-refractivity contribution >= 4 is 29.0 Å². The molecule has 1 aromatic heterocycles. The van der Waals surface area contributed by atoms with Crippen molar-refractivity contribution in [3.63, 3.8) is 0 Å². The highest BCUT2D eigenvalue weighted by atomic mass is 32.2. The van der Waals surface area contributed by atoms with Gasteiger partial charge in [-0.2, -0.15) is 0 Å². The minimum Gasteiger partial charge on any atom is -0.282 e. The van der Waals surface area contributed by atoms with Crippen LogP contribution in [0.4, 0.5) is 4.79 Å². The van der Waals surface area contributed by atoms with Crippen LogP contribution in [0.15, 0.2) is 29.4 Å². The minimum absolute atomic E-state index is 0.329. The van der Waals surface area contributed by atoms with E-state index in [1.807, 2.05) is 6.07 Å². The Balaban J connectivity index is 2.28. The summed E-state index contributed by atoms with van der Waals surface area (Å²) in [4.78, 5) is 26.3. The number of nitrogens with zero attached hydrogens (tertiary/aromatic N) is 1. The van der Waals surface area contributed by atoms with Gasteiger partial charge >= 0.3 is 0 Å². The number of thioether (sulfide) groups is 1. The molecule has 1 saturated heterocycles. The second-order valence-electron chi connectivity index (χ2n) is 2.64. The molecule has 1 fully saturated rings. The first-order valence-corrected chi connectivity index (χ1v) is 4.72. The molecule has 14 heavy (non-hydrogen) atoms. The molecule has 1 N–H and O–H groups in total. The molecule has 2 heterocycles. The molecule has 1 aromatic rings. The summed E-state index contributed by atoms with van der Waals surface area (Å²) < 4.78 is 0. The third-order valence-corrected chi connectivity index (χ3v) is 2.43. The molecule has 0 aromatic carbocycles. The van der Waals surface area contributed by atoms with Crippen LogP contribution in [0.2, 0.25) is 0 Å². The van der Waals surface area contributed by atoms with Gasteiger partial charge in [0.25, 0.3) is 11.1 Å². The highest BCUT2D eigenvalue weighted by Gasteiger charge is 2.24. The maximum atomic E-state index is 11.1. The van der Waals surface area contributed by atoms with E-state index in [0.29, 0.717) is 4.91 Å².